The van der Waals surface area contributed by atoms with E-state index in [1.807, 2.05) is 39.3 Å². The van der Waals surface area contributed by atoms with Crippen molar-refractivity contribution in [1.29, 1.82) is 0 Å². The molecule has 0 atom stereocenters. The number of benzene rings is 2. The lowest BCUT2D eigenvalue weighted by Gasteiger charge is -2.21. The summed E-state index contributed by atoms with van der Waals surface area (Å²) in [6, 6.07) is 12.9. The lowest BCUT2D eigenvalue weighted by atomic mass is 9.83. The van der Waals surface area contributed by atoms with Gasteiger partial charge in [0.25, 0.3) is 0 Å². The number of halogens is 1. The molecule has 0 bridgehead atoms. The number of hydrogen-bond donors (Lipinski definition) is 0. The number of rotatable bonds is 2. The van der Waals surface area contributed by atoms with Gasteiger partial charge in [-0.1, -0.05) is 59.0 Å². The molecule has 3 aromatic rings. The van der Waals surface area contributed by atoms with Crippen LogP contribution in [0.3, 0.4) is 0 Å². The van der Waals surface area contributed by atoms with Gasteiger partial charge in [-0.05, 0) is 17.2 Å². The minimum Gasteiger partial charge on any atom is -0.425 e. The molecule has 1 aliphatic heterocycles. The first kappa shape index (κ1) is 17.4. The Kier molecular flexibility index (Phi) is 3.97. The Morgan fingerprint density at radius 1 is 0.964 bits per heavy atom. The second kappa shape index (κ2) is 6.41. The van der Waals surface area contributed by atoms with Crippen LogP contribution in [-0.4, -0.2) is 26.5 Å². The smallest absolute Gasteiger partial charge is 0.321 e. The maximum absolute atomic E-state index is 13.3. The average Bonchev–Trinajstić information content (AvgIpc) is 3.09. The number of alkyl halides is 1. The predicted octanol–water partition coefficient (Wildman–Crippen LogP) is 3.56. The number of aromatic nitrogens is 1. The third-order valence-electron chi connectivity index (χ3n) is 5.31. The molecule has 0 spiro atoms. The van der Waals surface area contributed by atoms with Crippen LogP contribution in [0.5, 0.6) is 5.75 Å². The molecule has 0 saturated heterocycles. The minimum atomic E-state index is -0.452. The third kappa shape index (κ3) is 2.47. The van der Waals surface area contributed by atoms with Crippen molar-refractivity contribution in [2.24, 2.45) is 0 Å². The SMILES string of the molecule is O=C(CI)Oc1cccc2c1C(=O)c1cn3c(c1C2=O)Cc1ccccc1C3. The van der Waals surface area contributed by atoms with Gasteiger partial charge < -0.3 is 9.30 Å². The molecular formula is C22H14INO4. The van der Waals surface area contributed by atoms with Crippen LogP contribution in [0, 0.1) is 0 Å². The van der Waals surface area contributed by atoms with Crippen LogP contribution < -0.4 is 4.74 Å². The molecule has 1 aromatic heterocycles. The molecule has 138 valence electrons. The summed E-state index contributed by atoms with van der Waals surface area (Å²) in [6.45, 7) is 0.631. The van der Waals surface area contributed by atoms with Gasteiger partial charge in [0.05, 0.1) is 21.1 Å². The lowest BCUT2D eigenvalue weighted by Crippen LogP contribution is -2.23. The van der Waals surface area contributed by atoms with E-state index < -0.39 is 5.97 Å². The molecule has 1 aliphatic carbocycles. The fourth-order valence-electron chi connectivity index (χ4n) is 4.06. The number of carbonyl (C=O) groups excluding carboxylic acids is 3. The third-order valence-corrected chi connectivity index (χ3v) is 5.93. The highest BCUT2D eigenvalue weighted by atomic mass is 127. The molecule has 5 rings (SSSR count). The first-order chi connectivity index (χ1) is 13.6. The number of fused-ring (bicyclic) bond motifs is 5. The Bertz CT molecular complexity index is 1190. The average molecular weight is 483 g/mol. The van der Waals surface area contributed by atoms with Crippen molar-refractivity contribution in [1.82, 2.24) is 4.57 Å². The van der Waals surface area contributed by atoms with Gasteiger partial charge in [0.15, 0.2) is 11.6 Å². The van der Waals surface area contributed by atoms with Gasteiger partial charge in [0.1, 0.15) is 5.75 Å². The molecule has 5 nitrogen and oxygen atoms in total. The Morgan fingerprint density at radius 3 is 2.50 bits per heavy atom. The van der Waals surface area contributed by atoms with Crippen molar-refractivity contribution in [3.05, 3.63) is 87.7 Å². The van der Waals surface area contributed by atoms with Gasteiger partial charge in [0.2, 0.25) is 0 Å². The standard InChI is InChI=1S/C22H14INO4/c23-9-18(25)28-17-7-3-6-14-20(17)22(27)15-11-24-10-13-5-2-1-4-12(13)8-16(24)19(15)21(14)26/h1-7,11H,8-10H2. The van der Waals surface area contributed by atoms with E-state index in [1.165, 1.54) is 11.1 Å². The maximum atomic E-state index is 13.3. The van der Waals surface area contributed by atoms with Crippen molar-refractivity contribution in [3.63, 3.8) is 0 Å². The molecule has 0 radical (unpaired) electrons. The fraction of sp³-hybridized carbons (Fsp3) is 0.136. The summed E-state index contributed by atoms with van der Waals surface area (Å²) in [5.74, 6) is -0.764. The van der Waals surface area contributed by atoms with Crippen LogP contribution in [0.2, 0.25) is 0 Å². The molecule has 0 saturated carbocycles. The predicted molar refractivity (Wildman–Crippen MR) is 111 cm³/mol. The fourth-order valence-corrected chi connectivity index (χ4v) is 4.22. The number of ether oxygens (including phenoxy) is 1. The van der Waals surface area contributed by atoms with E-state index in [2.05, 4.69) is 12.1 Å². The van der Waals surface area contributed by atoms with Gasteiger partial charge in [-0.25, -0.2) is 0 Å². The highest BCUT2D eigenvalue weighted by molar-refractivity contribution is 14.1. The number of ketones is 2. The lowest BCUT2D eigenvalue weighted by molar-refractivity contribution is -0.131. The normalized spacial score (nSPS) is 14.0. The van der Waals surface area contributed by atoms with Crippen molar-refractivity contribution in [2.45, 2.75) is 13.0 Å². The summed E-state index contributed by atoms with van der Waals surface area (Å²) in [4.78, 5) is 38.3. The van der Waals surface area contributed by atoms with Crippen LogP contribution in [0.1, 0.15) is 48.7 Å². The van der Waals surface area contributed by atoms with Crippen LogP contribution >= 0.6 is 22.6 Å². The summed E-state index contributed by atoms with van der Waals surface area (Å²) < 4.78 is 7.47. The summed E-state index contributed by atoms with van der Waals surface area (Å²) >= 11 is 1.90. The highest BCUT2D eigenvalue weighted by Gasteiger charge is 2.37. The van der Waals surface area contributed by atoms with Crippen LogP contribution in [0.4, 0.5) is 0 Å². The minimum absolute atomic E-state index is 0.149. The summed E-state index contributed by atoms with van der Waals surface area (Å²) in [5.41, 5.74) is 4.57. The topological polar surface area (TPSA) is 65.4 Å². The molecule has 0 N–H and O–H groups in total. The van der Waals surface area contributed by atoms with Crippen LogP contribution in [0.25, 0.3) is 0 Å². The quantitative estimate of drug-likeness (QED) is 0.167. The number of carbonyl (C=O) groups is 3. The van der Waals surface area contributed by atoms with Crippen molar-refractivity contribution < 1.29 is 19.1 Å². The van der Waals surface area contributed by atoms with E-state index in [0.717, 1.165) is 5.69 Å². The number of esters is 1. The second-order valence-corrected chi connectivity index (χ2v) is 7.65. The van der Waals surface area contributed by atoms with Crippen LogP contribution in [0.15, 0.2) is 48.7 Å². The molecule has 0 unspecified atom stereocenters. The van der Waals surface area contributed by atoms with E-state index in [1.54, 1.807) is 24.4 Å². The van der Waals surface area contributed by atoms with Gasteiger partial charge in [-0.2, -0.15) is 0 Å². The zero-order valence-electron chi connectivity index (χ0n) is 14.7. The Hall–Kier alpha value is -2.74. The molecule has 0 amide bonds. The zero-order valence-corrected chi connectivity index (χ0v) is 16.9. The van der Waals surface area contributed by atoms with E-state index in [9.17, 15) is 14.4 Å². The summed E-state index contributed by atoms with van der Waals surface area (Å²) in [7, 11) is 0. The van der Waals surface area contributed by atoms with E-state index in [0.29, 0.717) is 29.7 Å². The monoisotopic (exact) mass is 483 g/mol. The van der Waals surface area contributed by atoms with Crippen LogP contribution in [-0.2, 0) is 17.8 Å². The Labute approximate surface area is 174 Å². The van der Waals surface area contributed by atoms with Crippen molar-refractivity contribution in [3.8, 4) is 5.75 Å². The molecule has 6 heteroatoms. The maximum Gasteiger partial charge on any atom is 0.321 e. The number of hydrogen-bond acceptors (Lipinski definition) is 4. The summed E-state index contributed by atoms with van der Waals surface area (Å²) in [6.07, 6.45) is 2.38. The van der Waals surface area contributed by atoms with Gasteiger partial charge in [-0.3, -0.25) is 14.4 Å². The summed E-state index contributed by atoms with van der Waals surface area (Å²) in [5, 5.41) is 0. The Morgan fingerprint density at radius 2 is 1.71 bits per heavy atom. The molecule has 2 heterocycles. The Balaban J connectivity index is 1.65. The van der Waals surface area contributed by atoms with E-state index in [4.69, 9.17) is 4.74 Å². The van der Waals surface area contributed by atoms with E-state index >= 15 is 0 Å². The highest BCUT2D eigenvalue weighted by Crippen LogP contribution is 2.38. The first-order valence-electron chi connectivity index (χ1n) is 8.86. The molecule has 2 aliphatic rings. The van der Waals surface area contributed by atoms with Crippen molar-refractivity contribution in [2.75, 3.05) is 4.43 Å². The molecule has 0 fully saturated rings. The van der Waals surface area contributed by atoms with Crippen molar-refractivity contribution >= 4 is 40.1 Å². The van der Waals surface area contributed by atoms with E-state index in [-0.39, 0.29) is 27.3 Å². The largest absolute Gasteiger partial charge is 0.425 e. The number of nitrogens with zero attached hydrogens (tertiary/aromatic N) is 1. The molecule has 28 heavy (non-hydrogen) atoms. The molecule has 2 aromatic carbocycles. The van der Waals surface area contributed by atoms with Gasteiger partial charge in [0, 0.05) is 30.4 Å². The zero-order chi connectivity index (χ0) is 19.4. The first-order valence-corrected chi connectivity index (χ1v) is 10.4. The van der Waals surface area contributed by atoms with Gasteiger partial charge in [-0.15, -0.1) is 0 Å². The molecular weight excluding hydrogens is 469 g/mol. The second-order valence-electron chi connectivity index (χ2n) is 6.88. The van der Waals surface area contributed by atoms with Gasteiger partial charge >= 0.3 is 5.97 Å².